The number of halogens is 1. The number of nitrogens with zero attached hydrogens (tertiary/aromatic N) is 3. The lowest BCUT2D eigenvalue weighted by Crippen LogP contribution is -2.07. The molecule has 6 heteroatoms. The van der Waals surface area contributed by atoms with Gasteiger partial charge in [0.1, 0.15) is 22.2 Å². The summed E-state index contributed by atoms with van der Waals surface area (Å²) in [5, 5.41) is 5.80. The summed E-state index contributed by atoms with van der Waals surface area (Å²) in [6.45, 7) is 5.15. The third-order valence-electron chi connectivity index (χ3n) is 2.70. The topological polar surface area (TPSA) is 50.7 Å². The number of rotatable bonds is 6. The Balaban J connectivity index is 2.24. The molecule has 0 aromatic carbocycles. The van der Waals surface area contributed by atoms with Crippen LogP contribution >= 0.6 is 23.4 Å². The molecule has 0 atom stereocenters. The van der Waals surface area contributed by atoms with Crippen LogP contribution in [0.25, 0.3) is 0 Å². The average molecular weight is 309 g/mol. The summed E-state index contributed by atoms with van der Waals surface area (Å²) in [6.07, 6.45) is 5.18. The molecule has 0 aliphatic carbocycles. The summed E-state index contributed by atoms with van der Waals surface area (Å²) in [5.74, 6) is 0.917. The highest BCUT2D eigenvalue weighted by Crippen LogP contribution is 2.30. The molecule has 20 heavy (non-hydrogen) atoms. The van der Waals surface area contributed by atoms with Crippen molar-refractivity contribution in [3.05, 3.63) is 35.2 Å². The van der Waals surface area contributed by atoms with E-state index in [0.29, 0.717) is 5.02 Å². The lowest BCUT2D eigenvalue weighted by molar-refractivity contribution is 0.909. The molecular formula is C14H17ClN4S. The molecule has 4 nitrogen and oxygen atoms in total. The van der Waals surface area contributed by atoms with Crippen molar-refractivity contribution in [3.8, 4) is 0 Å². The first-order valence-electron chi connectivity index (χ1n) is 6.61. The van der Waals surface area contributed by atoms with E-state index >= 15 is 0 Å². The highest BCUT2D eigenvalue weighted by molar-refractivity contribution is 7.99. The van der Waals surface area contributed by atoms with Gasteiger partial charge in [0.05, 0.1) is 5.02 Å². The maximum Gasteiger partial charge on any atom is 0.133 e. The molecule has 1 N–H and O–H groups in total. The fraction of sp³-hybridized carbons (Fsp3) is 0.357. The predicted octanol–water partition coefficient (Wildman–Crippen LogP) is 4.06. The summed E-state index contributed by atoms with van der Waals surface area (Å²) in [7, 11) is 0. The van der Waals surface area contributed by atoms with Gasteiger partial charge < -0.3 is 5.32 Å². The van der Waals surface area contributed by atoms with Crippen LogP contribution in [0, 0.1) is 0 Å². The SMILES string of the molecule is CCCNc1ncnc(Sc2ccc(Cl)cn2)c1CC. The lowest BCUT2D eigenvalue weighted by Gasteiger charge is -2.12. The van der Waals surface area contributed by atoms with Gasteiger partial charge in [0.15, 0.2) is 0 Å². The van der Waals surface area contributed by atoms with Crippen molar-refractivity contribution in [2.75, 3.05) is 11.9 Å². The molecule has 0 aliphatic rings. The van der Waals surface area contributed by atoms with Crippen molar-refractivity contribution in [1.82, 2.24) is 15.0 Å². The van der Waals surface area contributed by atoms with Gasteiger partial charge >= 0.3 is 0 Å². The number of nitrogens with one attached hydrogen (secondary N) is 1. The zero-order valence-electron chi connectivity index (χ0n) is 11.6. The minimum absolute atomic E-state index is 0.637. The zero-order chi connectivity index (χ0) is 14.4. The number of hydrogen-bond donors (Lipinski definition) is 1. The summed E-state index contributed by atoms with van der Waals surface area (Å²) >= 11 is 7.38. The van der Waals surface area contributed by atoms with E-state index in [2.05, 4.69) is 34.1 Å². The molecule has 0 radical (unpaired) electrons. The Morgan fingerprint density at radius 3 is 2.70 bits per heavy atom. The van der Waals surface area contributed by atoms with Gasteiger partial charge in [-0.2, -0.15) is 0 Å². The van der Waals surface area contributed by atoms with Crippen LogP contribution in [0.2, 0.25) is 5.02 Å². The third-order valence-corrected chi connectivity index (χ3v) is 3.92. The maximum absolute atomic E-state index is 5.85. The molecule has 0 saturated heterocycles. The number of anilines is 1. The molecule has 0 saturated carbocycles. The Morgan fingerprint density at radius 2 is 2.05 bits per heavy atom. The molecule has 0 spiro atoms. The van der Waals surface area contributed by atoms with E-state index in [4.69, 9.17) is 11.6 Å². The molecular weight excluding hydrogens is 292 g/mol. The van der Waals surface area contributed by atoms with Crippen LogP contribution in [0.4, 0.5) is 5.82 Å². The van der Waals surface area contributed by atoms with E-state index in [9.17, 15) is 0 Å². The molecule has 0 aliphatic heterocycles. The largest absolute Gasteiger partial charge is 0.370 e. The summed E-state index contributed by atoms with van der Waals surface area (Å²) in [6, 6.07) is 3.73. The van der Waals surface area contributed by atoms with Gasteiger partial charge in [-0.05, 0) is 36.7 Å². The second-order valence-corrected chi connectivity index (χ2v) is 5.65. The van der Waals surface area contributed by atoms with E-state index in [-0.39, 0.29) is 0 Å². The van der Waals surface area contributed by atoms with E-state index in [1.165, 1.54) is 11.8 Å². The molecule has 0 bridgehead atoms. The predicted molar refractivity (Wildman–Crippen MR) is 83.6 cm³/mol. The molecule has 2 aromatic heterocycles. The summed E-state index contributed by atoms with van der Waals surface area (Å²) < 4.78 is 0. The van der Waals surface area contributed by atoms with Crippen molar-refractivity contribution in [1.29, 1.82) is 0 Å². The van der Waals surface area contributed by atoms with Crippen LogP contribution in [-0.2, 0) is 6.42 Å². The van der Waals surface area contributed by atoms with Gasteiger partial charge in [-0.1, -0.05) is 25.4 Å². The zero-order valence-corrected chi connectivity index (χ0v) is 13.1. The first kappa shape index (κ1) is 15.1. The van der Waals surface area contributed by atoms with Crippen molar-refractivity contribution < 1.29 is 0 Å². The molecule has 2 rings (SSSR count). The minimum Gasteiger partial charge on any atom is -0.370 e. The first-order valence-corrected chi connectivity index (χ1v) is 7.81. The van der Waals surface area contributed by atoms with Crippen molar-refractivity contribution in [2.24, 2.45) is 0 Å². The van der Waals surface area contributed by atoms with Gasteiger partial charge in [-0.15, -0.1) is 0 Å². The summed E-state index contributed by atoms with van der Waals surface area (Å²) in [4.78, 5) is 13.0. The Morgan fingerprint density at radius 1 is 1.20 bits per heavy atom. The van der Waals surface area contributed by atoms with Gasteiger partial charge in [0.25, 0.3) is 0 Å². The molecule has 0 unspecified atom stereocenters. The van der Waals surface area contributed by atoms with Crippen molar-refractivity contribution in [3.63, 3.8) is 0 Å². The van der Waals surface area contributed by atoms with E-state index < -0.39 is 0 Å². The monoisotopic (exact) mass is 308 g/mol. The average Bonchev–Trinajstić information content (AvgIpc) is 2.47. The van der Waals surface area contributed by atoms with Crippen LogP contribution in [0.1, 0.15) is 25.8 Å². The smallest absolute Gasteiger partial charge is 0.133 e. The van der Waals surface area contributed by atoms with Crippen LogP contribution in [0.15, 0.2) is 34.7 Å². The van der Waals surface area contributed by atoms with Gasteiger partial charge in [0.2, 0.25) is 0 Å². The normalized spacial score (nSPS) is 10.6. The number of aromatic nitrogens is 3. The Bertz CT molecular complexity index is 560. The van der Waals surface area contributed by atoms with Gasteiger partial charge in [0, 0.05) is 18.3 Å². The standard InChI is InChI=1S/C14H17ClN4S/c1-3-7-16-13-11(4-2)14(19-9-18-13)20-12-6-5-10(15)8-17-12/h5-6,8-9H,3-4,7H2,1-2H3,(H,16,18,19). The molecule has 2 aromatic rings. The second kappa shape index (κ2) is 7.45. The Labute approximate surface area is 128 Å². The lowest BCUT2D eigenvalue weighted by atomic mass is 10.2. The van der Waals surface area contributed by atoms with E-state index in [1.807, 2.05) is 12.1 Å². The highest BCUT2D eigenvalue weighted by Gasteiger charge is 2.11. The van der Waals surface area contributed by atoms with Crippen LogP contribution in [0.3, 0.4) is 0 Å². The van der Waals surface area contributed by atoms with Crippen LogP contribution in [-0.4, -0.2) is 21.5 Å². The van der Waals surface area contributed by atoms with Crippen LogP contribution in [0.5, 0.6) is 0 Å². The Kier molecular flexibility index (Phi) is 5.61. The fourth-order valence-electron chi connectivity index (χ4n) is 1.72. The quantitative estimate of drug-likeness (QED) is 0.816. The molecule has 2 heterocycles. The Hall–Kier alpha value is -1.33. The fourth-order valence-corrected chi connectivity index (χ4v) is 2.74. The third kappa shape index (κ3) is 3.84. The van der Waals surface area contributed by atoms with Crippen molar-refractivity contribution in [2.45, 2.75) is 36.7 Å². The molecule has 0 fully saturated rings. The van der Waals surface area contributed by atoms with Crippen molar-refractivity contribution >= 4 is 29.2 Å². The second-order valence-electron chi connectivity index (χ2n) is 4.20. The minimum atomic E-state index is 0.637. The summed E-state index contributed by atoms with van der Waals surface area (Å²) in [5.41, 5.74) is 1.13. The molecule has 106 valence electrons. The number of hydrogen-bond acceptors (Lipinski definition) is 5. The van der Waals surface area contributed by atoms with E-state index in [0.717, 1.165) is 40.8 Å². The maximum atomic E-state index is 5.85. The van der Waals surface area contributed by atoms with E-state index in [1.54, 1.807) is 12.5 Å². The van der Waals surface area contributed by atoms with Gasteiger partial charge in [-0.3, -0.25) is 0 Å². The first-order chi connectivity index (χ1) is 9.74. The van der Waals surface area contributed by atoms with Gasteiger partial charge in [-0.25, -0.2) is 15.0 Å². The number of pyridine rings is 1. The van der Waals surface area contributed by atoms with Crippen LogP contribution < -0.4 is 5.32 Å². The molecule has 0 amide bonds. The highest BCUT2D eigenvalue weighted by atomic mass is 35.5.